The molecule has 1 N–H and O–H groups in total. The lowest BCUT2D eigenvalue weighted by Crippen LogP contribution is -2.44. The van der Waals surface area contributed by atoms with Gasteiger partial charge in [0.1, 0.15) is 12.4 Å². The van der Waals surface area contributed by atoms with Crippen LogP contribution in [0.5, 0.6) is 0 Å². The first-order chi connectivity index (χ1) is 14.9. The minimum absolute atomic E-state index is 0.0599. The van der Waals surface area contributed by atoms with Crippen LogP contribution in [0.2, 0.25) is 0 Å². The first kappa shape index (κ1) is 20.9. The standard InChI is InChI=1S/C23H22FN3O3S/c1-26(18-7-3-2-4-8-18)14-13-25-23(28)16-27-21-12-11-17(24)15-20(21)19-9-5-6-10-22(19)31(27,29)30/h2-12,15H,13-14,16H2,1H3,(H,25,28). The Balaban J connectivity index is 1.51. The van der Waals surface area contributed by atoms with Crippen LogP contribution >= 0.6 is 0 Å². The summed E-state index contributed by atoms with van der Waals surface area (Å²) in [6.07, 6.45) is 0. The molecule has 0 spiro atoms. The van der Waals surface area contributed by atoms with Crippen molar-refractivity contribution < 1.29 is 17.6 Å². The Hall–Kier alpha value is -3.39. The molecule has 160 valence electrons. The summed E-state index contributed by atoms with van der Waals surface area (Å²) in [5.74, 6) is -0.902. The van der Waals surface area contributed by atoms with E-state index in [0.717, 1.165) is 9.99 Å². The minimum atomic E-state index is -3.95. The number of nitrogens with zero attached hydrogens (tertiary/aromatic N) is 2. The number of nitrogens with one attached hydrogen (secondary N) is 1. The summed E-state index contributed by atoms with van der Waals surface area (Å²) in [5, 5.41) is 2.77. The molecule has 0 unspecified atom stereocenters. The van der Waals surface area contributed by atoms with Crippen molar-refractivity contribution in [3.63, 3.8) is 0 Å². The van der Waals surface area contributed by atoms with E-state index >= 15 is 0 Å². The number of benzene rings is 3. The van der Waals surface area contributed by atoms with Crippen LogP contribution in [0.4, 0.5) is 15.8 Å². The summed E-state index contributed by atoms with van der Waals surface area (Å²) in [5.41, 5.74) is 2.18. The number of para-hydroxylation sites is 1. The number of anilines is 2. The highest BCUT2D eigenvalue weighted by Gasteiger charge is 2.35. The molecule has 0 saturated heterocycles. The van der Waals surface area contributed by atoms with Crippen molar-refractivity contribution in [2.24, 2.45) is 0 Å². The van der Waals surface area contributed by atoms with Crippen molar-refractivity contribution in [3.05, 3.63) is 78.6 Å². The van der Waals surface area contributed by atoms with Gasteiger partial charge in [0, 0.05) is 37.0 Å². The zero-order chi connectivity index (χ0) is 22.0. The van der Waals surface area contributed by atoms with E-state index in [9.17, 15) is 17.6 Å². The Kier molecular flexibility index (Phi) is 5.65. The van der Waals surface area contributed by atoms with Gasteiger partial charge >= 0.3 is 0 Å². The third kappa shape index (κ3) is 4.11. The molecule has 1 aliphatic heterocycles. The van der Waals surface area contributed by atoms with Crippen LogP contribution in [0, 0.1) is 5.82 Å². The third-order valence-electron chi connectivity index (χ3n) is 5.23. The second-order valence-corrected chi connectivity index (χ2v) is 9.11. The predicted octanol–water partition coefficient (Wildman–Crippen LogP) is 3.25. The van der Waals surface area contributed by atoms with Crippen LogP contribution in [-0.2, 0) is 14.8 Å². The smallest absolute Gasteiger partial charge is 0.265 e. The second-order valence-electron chi connectivity index (χ2n) is 7.28. The van der Waals surface area contributed by atoms with Gasteiger partial charge in [0.05, 0.1) is 10.6 Å². The maximum absolute atomic E-state index is 13.9. The van der Waals surface area contributed by atoms with E-state index in [2.05, 4.69) is 5.32 Å². The van der Waals surface area contributed by atoms with E-state index in [1.165, 1.54) is 24.3 Å². The molecular weight excluding hydrogens is 417 g/mol. The fourth-order valence-electron chi connectivity index (χ4n) is 3.63. The van der Waals surface area contributed by atoms with Crippen molar-refractivity contribution >= 4 is 27.3 Å². The van der Waals surface area contributed by atoms with Crippen molar-refractivity contribution in [1.82, 2.24) is 5.32 Å². The summed E-state index contributed by atoms with van der Waals surface area (Å²) >= 11 is 0. The molecule has 4 rings (SSSR count). The molecular formula is C23H22FN3O3S. The number of carbonyl (C=O) groups excluding carboxylic acids is 1. The Morgan fingerprint density at radius 1 is 1.00 bits per heavy atom. The summed E-state index contributed by atoms with van der Waals surface area (Å²) < 4.78 is 41.3. The molecule has 0 aromatic heterocycles. The second kappa shape index (κ2) is 8.39. The molecule has 8 heteroatoms. The fourth-order valence-corrected chi connectivity index (χ4v) is 5.28. The molecule has 0 atom stereocenters. The number of carbonyl (C=O) groups is 1. The molecule has 0 radical (unpaired) electrons. The van der Waals surface area contributed by atoms with Gasteiger partial charge in [-0.3, -0.25) is 9.10 Å². The van der Waals surface area contributed by atoms with Gasteiger partial charge in [0.15, 0.2) is 0 Å². The first-order valence-electron chi connectivity index (χ1n) is 9.82. The van der Waals surface area contributed by atoms with Gasteiger partial charge in [-0.15, -0.1) is 0 Å². The van der Waals surface area contributed by atoms with Crippen LogP contribution in [0.15, 0.2) is 77.7 Å². The highest BCUT2D eigenvalue weighted by molar-refractivity contribution is 7.93. The van der Waals surface area contributed by atoms with E-state index in [4.69, 9.17) is 0 Å². The van der Waals surface area contributed by atoms with E-state index in [-0.39, 0.29) is 17.1 Å². The van der Waals surface area contributed by atoms with Crippen molar-refractivity contribution in [2.45, 2.75) is 4.90 Å². The van der Waals surface area contributed by atoms with Crippen LogP contribution in [-0.4, -0.2) is 41.0 Å². The summed E-state index contributed by atoms with van der Waals surface area (Å²) in [6, 6.07) is 20.0. The van der Waals surface area contributed by atoms with Gasteiger partial charge in [0.25, 0.3) is 10.0 Å². The maximum Gasteiger partial charge on any atom is 0.265 e. The van der Waals surface area contributed by atoms with Crippen LogP contribution in [0.3, 0.4) is 0 Å². The zero-order valence-corrected chi connectivity index (χ0v) is 17.8. The Morgan fingerprint density at radius 2 is 1.71 bits per heavy atom. The number of hydrogen-bond donors (Lipinski definition) is 1. The molecule has 3 aromatic rings. The van der Waals surface area contributed by atoms with E-state index < -0.39 is 21.7 Å². The molecule has 6 nitrogen and oxygen atoms in total. The van der Waals surface area contributed by atoms with Gasteiger partial charge in [-0.05, 0) is 36.4 Å². The quantitative estimate of drug-likeness (QED) is 0.640. The fraction of sp³-hybridized carbons (Fsp3) is 0.174. The van der Waals surface area contributed by atoms with E-state index in [1.54, 1.807) is 18.2 Å². The van der Waals surface area contributed by atoms with Crippen LogP contribution < -0.4 is 14.5 Å². The number of amides is 1. The number of likely N-dealkylation sites (N-methyl/N-ethyl adjacent to an activating group) is 1. The minimum Gasteiger partial charge on any atom is -0.373 e. The van der Waals surface area contributed by atoms with Crippen LogP contribution in [0.1, 0.15) is 0 Å². The van der Waals surface area contributed by atoms with E-state index in [1.807, 2.05) is 42.3 Å². The predicted molar refractivity (Wildman–Crippen MR) is 119 cm³/mol. The highest BCUT2D eigenvalue weighted by atomic mass is 32.2. The largest absolute Gasteiger partial charge is 0.373 e. The normalized spacial score (nSPS) is 13.8. The summed E-state index contributed by atoms with van der Waals surface area (Å²) in [6.45, 7) is 0.530. The summed E-state index contributed by atoms with van der Waals surface area (Å²) in [7, 11) is -2.03. The Bertz CT molecular complexity index is 1220. The highest BCUT2D eigenvalue weighted by Crippen LogP contribution is 2.42. The van der Waals surface area contributed by atoms with Crippen molar-refractivity contribution in [2.75, 3.05) is 35.9 Å². The van der Waals surface area contributed by atoms with Gasteiger partial charge in [0.2, 0.25) is 5.91 Å². The third-order valence-corrected chi connectivity index (χ3v) is 7.04. The van der Waals surface area contributed by atoms with E-state index in [0.29, 0.717) is 24.2 Å². The SMILES string of the molecule is CN(CCNC(=O)CN1c2ccc(F)cc2-c2ccccc2S1(=O)=O)c1ccccc1. The van der Waals surface area contributed by atoms with Crippen molar-refractivity contribution in [3.8, 4) is 11.1 Å². The maximum atomic E-state index is 13.9. The average molecular weight is 440 g/mol. The lowest BCUT2D eigenvalue weighted by atomic mass is 10.0. The molecule has 0 aliphatic carbocycles. The number of rotatable bonds is 6. The topological polar surface area (TPSA) is 69.7 Å². The molecule has 31 heavy (non-hydrogen) atoms. The zero-order valence-electron chi connectivity index (χ0n) is 17.0. The number of sulfonamides is 1. The van der Waals surface area contributed by atoms with Gasteiger partial charge in [-0.2, -0.15) is 0 Å². The molecule has 1 amide bonds. The molecule has 0 fully saturated rings. The van der Waals surface area contributed by atoms with Gasteiger partial charge in [-0.1, -0.05) is 36.4 Å². The molecule has 0 saturated carbocycles. The molecule has 1 heterocycles. The van der Waals surface area contributed by atoms with Gasteiger partial charge < -0.3 is 10.2 Å². The molecule has 1 aliphatic rings. The van der Waals surface area contributed by atoms with Gasteiger partial charge in [-0.25, -0.2) is 12.8 Å². The summed E-state index contributed by atoms with van der Waals surface area (Å²) in [4.78, 5) is 14.6. The molecule has 0 bridgehead atoms. The lowest BCUT2D eigenvalue weighted by molar-refractivity contribution is -0.119. The number of fused-ring (bicyclic) bond motifs is 3. The van der Waals surface area contributed by atoms with Crippen molar-refractivity contribution in [1.29, 1.82) is 0 Å². The Morgan fingerprint density at radius 3 is 2.48 bits per heavy atom. The molecule has 3 aromatic carbocycles. The van der Waals surface area contributed by atoms with Crippen LogP contribution in [0.25, 0.3) is 11.1 Å². The monoisotopic (exact) mass is 439 g/mol. The Labute approximate surface area is 181 Å². The number of hydrogen-bond acceptors (Lipinski definition) is 4. The average Bonchev–Trinajstić information content (AvgIpc) is 2.77. The first-order valence-corrected chi connectivity index (χ1v) is 11.3. The number of halogens is 1. The lowest BCUT2D eigenvalue weighted by Gasteiger charge is -2.31.